The summed E-state index contributed by atoms with van der Waals surface area (Å²) in [6, 6.07) is 0. The molecule has 0 spiro atoms. The highest BCUT2D eigenvalue weighted by molar-refractivity contribution is 4.55. The van der Waals surface area contributed by atoms with E-state index in [4.69, 9.17) is 0 Å². The van der Waals surface area contributed by atoms with Gasteiger partial charge in [-0.25, -0.2) is 4.39 Å². The fraction of sp³-hybridized carbons (Fsp3) is 1.00. The smallest absolute Gasteiger partial charge is 0.102 e. The average molecular weight is 175 g/mol. The van der Waals surface area contributed by atoms with Gasteiger partial charge in [0.2, 0.25) is 0 Å². The molecule has 0 fully saturated rings. The molecule has 0 atom stereocenters. The predicted molar refractivity (Wildman–Crippen MR) is 52.2 cm³/mol. The SMILES string of the molecule is CCCCCN(CCC)CCF. The van der Waals surface area contributed by atoms with E-state index in [9.17, 15) is 4.39 Å². The Bertz CT molecular complexity index is 79.9. The molecule has 0 N–H and O–H groups in total. The zero-order valence-electron chi connectivity index (χ0n) is 8.48. The summed E-state index contributed by atoms with van der Waals surface area (Å²) in [5.41, 5.74) is 0. The second-order valence-electron chi connectivity index (χ2n) is 3.24. The molecule has 0 bridgehead atoms. The monoisotopic (exact) mass is 175 g/mol. The topological polar surface area (TPSA) is 3.24 Å². The van der Waals surface area contributed by atoms with Crippen LogP contribution in [0.15, 0.2) is 0 Å². The maximum Gasteiger partial charge on any atom is 0.102 e. The normalized spacial score (nSPS) is 11.0. The van der Waals surface area contributed by atoms with Gasteiger partial charge in [-0.2, -0.15) is 0 Å². The Morgan fingerprint density at radius 1 is 0.917 bits per heavy atom. The van der Waals surface area contributed by atoms with Crippen LogP contribution in [0.4, 0.5) is 4.39 Å². The molecule has 0 saturated carbocycles. The molecular weight excluding hydrogens is 153 g/mol. The molecule has 0 aliphatic carbocycles. The standard InChI is InChI=1S/C10H22FN/c1-3-5-6-9-12(8-4-2)10-7-11/h3-10H2,1-2H3. The molecule has 0 unspecified atom stereocenters. The van der Waals surface area contributed by atoms with Crippen LogP contribution in [0.25, 0.3) is 0 Å². The molecule has 74 valence electrons. The third-order valence-electron chi connectivity index (χ3n) is 2.02. The number of hydrogen-bond donors (Lipinski definition) is 0. The first-order chi connectivity index (χ1) is 5.85. The van der Waals surface area contributed by atoms with Crippen LogP contribution in [0.2, 0.25) is 0 Å². The van der Waals surface area contributed by atoms with Gasteiger partial charge in [-0.05, 0) is 25.9 Å². The fourth-order valence-corrected chi connectivity index (χ4v) is 1.36. The lowest BCUT2D eigenvalue weighted by Gasteiger charge is -2.19. The molecule has 1 nitrogen and oxygen atoms in total. The first-order valence-electron chi connectivity index (χ1n) is 5.13. The highest BCUT2D eigenvalue weighted by Gasteiger charge is 2.01. The Kier molecular flexibility index (Phi) is 8.90. The minimum absolute atomic E-state index is 0.202. The van der Waals surface area contributed by atoms with Gasteiger partial charge in [0.05, 0.1) is 0 Å². The molecule has 0 aromatic carbocycles. The van der Waals surface area contributed by atoms with Gasteiger partial charge in [0.15, 0.2) is 0 Å². The number of alkyl halides is 1. The van der Waals surface area contributed by atoms with Crippen LogP contribution in [0.5, 0.6) is 0 Å². The van der Waals surface area contributed by atoms with E-state index < -0.39 is 0 Å². The number of hydrogen-bond acceptors (Lipinski definition) is 1. The lowest BCUT2D eigenvalue weighted by molar-refractivity contribution is 0.243. The molecule has 0 aromatic heterocycles. The van der Waals surface area contributed by atoms with E-state index in [0.717, 1.165) is 19.5 Å². The van der Waals surface area contributed by atoms with Crippen molar-refractivity contribution in [2.24, 2.45) is 0 Å². The maximum absolute atomic E-state index is 12.0. The summed E-state index contributed by atoms with van der Waals surface area (Å²) in [4.78, 5) is 2.22. The van der Waals surface area contributed by atoms with Gasteiger partial charge in [-0.3, -0.25) is 0 Å². The number of nitrogens with zero attached hydrogens (tertiary/aromatic N) is 1. The minimum atomic E-state index is -0.202. The van der Waals surface area contributed by atoms with Crippen LogP contribution in [0.3, 0.4) is 0 Å². The quantitative estimate of drug-likeness (QED) is 0.513. The second-order valence-corrected chi connectivity index (χ2v) is 3.24. The van der Waals surface area contributed by atoms with Crippen molar-refractivity contribution in [2.45, 2.75) is 39.5 Å². The lowest BCUT2D eigenvalue weighted by Crippen LogP contribution is -2.27. The predicted octanol–water partition coefficient (Wildman–Crippen LogP) is 2.86. The molecule has 0 aliphatic heterocycles. The highest BCUT2D eigenvalue weighted by Crippen LogP contribution is 1.99. The number of halogens is 1. The van der Waals surface area contributed by atoms with Gasteiger partial charge in [0.25, 0.3) is 0 Å². The molecule has 12 heavy (non-hydrogen) atoms. The van der Waals surface area contributed by atoms with Crippen molar-refractivity contribution < 1.29 is 4.39 Å². The Balaban J connectivity index is 3.34. The summed E-state index contributed by atoms with van der Waals surface area (Å²) in [5, 5.41) is 0. The fourth-order valence-electron chi connectivity index (χ4n) is 1.36. The molecule has 0 rings (SSSR count). The second kappa shape index (κ2) is 8.98. The van der Waals surface area contributed by atoms with Crippen molar-refractivity contribution in [3.8, 4) is 0 Å². The average Bonchev–Trinajstić information content (AvgIpc) is 2.06. The van der Waals surface area contributed by atoms with Crippen molar-refractivity contribution in [1.29, 1.82) is 0 Å². The van der Waals surface area contributed by atoms with Gasteiger partial charge < -0.3 is 4.90 Å². The summed E-state index contributed by atoms with van der Waals surface area (Å²) < 4.78 is 12.0. The van der Waals surface area contributed by atoms with Crippen LogP contribution in [-0.2, 0) is 0 Å². The molecule has 0 radical (unpaired) electrons. The molecule has 0 saturated heterocycles. The van der Waals surface area contributed by atoms with E-state index in [1.165, 1.54) is 19.3 Å². The van der Waals surface area contributed by atoms with Gasteiger partial charge in [0, 0.05) is 6.54 Å². The highest BCUT2D eigenvalue weighted by atomic mass is 19.1. The summed E-state index contributed by atoms with van der Waals surface area (Å²) in [6.07, 6.45) is 4.87. The minimum Gasteiger partial charge on any atom is -0.301 e. The molecule has 2 heteroatoms. The molecule has 0 amide bonds. The summed E-state index contributed by atoms with van der Waals surface area (Å²) in [7, 11) is 0. The number of unbranched alkanes of at least 4 members (excludes halogenated alkanes) is 2. The van der Waals surface area contributed by atoms with E-state index in [2.05, 4.69) is 18.7 Å². The van der Waals surface area contributed by atoms with Crippen LogP contribution < -0.4 is 0 Å². The summed E-state index contributed by atoms with van der Waals surface area (Å²) in [6.45, 7) is 6.88. The summed E-state index contributed by atoms with van der Waals surface area (Å²) >= 11 is 0. The zero-order valence-corrected chi connectivity index (χ0v) is 8.48. The van der Waals surface area contributed by atoms with Gasteiger partial charge in [0.1, 0.15) is 6.67 Å². The van der Waals surface area contributed by atoms with Crippen molar-refractivity contribution in [1.82, 2.24) is 4.90 Å². The first-order valence-corrected chi connectivity index (χ1v) is 5.13. The van der Waals surface area contributed by atoms with Gasteiger partial charge in [-0.1, -0.05) is 26.7 Å². The van der Waals surface area contributed by atoms with E-state index in [1.807, 2.05) is 0 Å². The maximum atomic E-state index is 12.0. The number of rotatable bonds is 8. The van der Waals surface area contributed by atoms with E-state index >= 15 is 0 Å². The third kappa shape index (κ3) is 6.59. The van der Waals surface area contributed by atoms with Crippen LogP contribution in [0, 0.1) is 0 Å². The lowest BCUT2D eigenvalue weighted by atomic mass is 10.2. The third-order valence-corrected chi connectivity index (χ3v) is 2.02. The first kappa shape index (κ1) is 11.9. The van der Waals surface area contributed by atoms with Crippen molar-refractivity contribution in [3.63, 3.8) is 0 Å². The Morgan fingerprint density at radius 2 is 1.67 bits per heavy atom. The van der Waals surface area contributed by atoms with Crippen LogP contribution in [-0.4, -0.2) is 31.2 Å². The van der Waals surface area contributed by atoms with E-state index in [-0.39, 0.29) is 6.67 Å². The van der Waals surface area contributed by atoms with E-state index in [0.29, 0.717) is 6.54 Å². The zero-order chi connectivity index (χ0) is 9.23. The van der Waals surface area contributed by atoms with Crippen molar-refractivity contribution in [2.75, 3.05) is 26.3 Å². The van der Waals surface area contributed by atoms with Crippen molar-refractivity contribution >= 4 is 0 Å². The molecule has 0 aliphatic rings. The Morgan fingerprint density at radius 3 is 2.17 bits per heavy atom. The van der Waals surface area contributed by atoms with Gasteiger partial charge in [-0.15, -0.1) is 0 Å². The van der Waals surface area contributed by atoms with Crippen LogP contribution in [0.1, 0.15) is 39.5 Å². The Hall–Kier alpha value is -0.110. The molecule has 0 heterocycles. The van der Waals surface area contributed by atoms with Crippen molar-refractivity contribution in [3.05, 3.63) is 0 Å². The van der Waals surface area contributed by atoms with Crippen LogP contribution >= 0.6 is 0 Å². The Labute approximate surface area is 75.9 Å². The van der Waals surface area contributed by atoms with Gasteiger partial charge >= 0.3 is 0 Å². The molecule has 0 aromatic rings. The van der Waals surface area contributed by atoms with E-state index in [1.54, 1.807) is 0 Å². The summed E-state index contributed by atoms with van der Waals surface area (Å²) in [5.74, 6) is 0. The molecular formula is C10H22FN. The largest absolute Gasteiger partial charge is 0.301 e.